The van der Waals surface area contributed by atoms with Gasteiger partial charge in [0.1, 0.15) is 6.04 Å². The predicted molar refractivity (Wildman–Crippen MR) is 89.6 cm³/mol. The second-order valence-corrected chi connectivity index (χ2v) is 6.60. The van der Waals surface area contributed by atoms with Crippen molar-refractivity contribution in [1.29, 1.82) is 0 Å². The van der Waals surface area contributed by atoms with Crippen LogP contribution >= 0.6 is 0 Å². The molecule has 2 aliphatic rings. The van der Waals surface area contributed by atoms with Gasteiger partial charge in [-0.3, -0.25) is 5.32 Å². The SMILES string of the molecule is Cc1cccc([C@H](NC2NC(=O)N(C3CCOCC3)C(=O)N2)C(F)(F)F)c1. The number of hydrogen-bond acceptors (Lipinski definition) is 4. The minimum atomic E-state index is -4.61. The van der Waals surface area contributed by atoms with Gasteiger partial charge < -0.3 is 15.4 Å². The van der Waals surface area contributed by atoms with Crippen LogP contribution in [0.5, 0.6) is 0 Å². The Kier molecular flexibility index (Phi) is 5.56. The number of rotatable bonds is 4. The molecule has 2 aliphatic heterocycles. The second-order valence-electron chi connectivity index (χ2n) is 6.60. The highest BCUT2D eigenvalue weighted by molar-refractivity contribution is 5.96. The average molecular weight is 386 g/mol. The molecule has 0 spiro atoms. The third-order valence-corrected chi connectivity index (χ3v) is 4.57. The molecule has 2 saturated heterocycles. The molecule has 4 amide bonds. The fraction of sp³-hybridized carbons (Fsp3) is 0.529. The van der Waals surface area contributed by atoms with Crippen molar-refractivity contribution in [2.75, 3.05) is 13.2 Å². The molecule has 3 rings (SSSR count). The maximum Gasteiger partial charge on any atom is 0.408 e. The number of aryl methyl sites for hydroxylation is 1. The normalized spacial score (nSPS) is 21.0. The van der Waals surface area contributed by atoms with Crippen molar-refractivity contribution in [3.8, 4) is 0 Å². The molecule has 27 heavy (non-hydrogen) atoms. The highest BCUT2D eigenvalue weighted by Gasteiger charge is 2.44. The number of halogens is 3. The monoisotopic (exact) mass is 386 g/mol. The zero-order valence-electron chi connectivity index (χ0n) is 14.7. The number of alkyl halides is 3. The summed E-state index contributed by atoms with van der Waals surface area (Å²) in [5.41, 5.74) is 0.670. The summed E-state index contributed by atoms with van der Waals surface area (Å²) in [5.74, 6) is 0. The molecule has 0 radical (unpaired) electrons. The van der Waals surface area contributed by atoms with Crippen molar-refractivity contribution in [2.45, 2.75) is 44.3 Å². The number of urea groups is 2. The van der Waals surface area contributed by atoms with Crippen molar-refractivity contribution in [1.82, 2.24) is 20.9 Å². The Balaban J connectivity index is 1.73. The summed E-state index contributed by atoms with van der Waals surface area (Å²) in [6.07, 6.45) is -4.96. The topological polar surface area (TPSA) is 82.7 Å². The molecule has 0 aliphatic carbocycles. The van der Waals surface area contributed by atoms with E-state index in [0.717, 1.165) is 4.90 Å². The Labute approximate surface area is 154 Å². The van der Waals surface area contributed by atoms with Gasteiger partial charge in [-0.15, -0.1) is 0 Å². The van der Waals surface area contributed by atoms with E-state index in [1.54, 1.807) is 13.0 Å². The fourth-order valence-corrected chi connectivity index (χ4v) is 3.27. The lowest BCUT2D eigenvalue weighted by atomic mass is 10.0. The Morgan fingerprint density at radius 3 is 2.37 bits per heavy atom. The minimum absolute atomic E-state index is 0.00198. The van der Waals surface area contributed by atoms with E-state index in [9.17, 15) is 22.8 Å². The van der Waals surface area contributed by atoms with Gasteiger partial charge in [-0.05, 0) is 25.3 Å². The first-order chi connectivity index (χ1) is 12.8. The lowest BCUT2D eigenvalue weighted by molar-refractivity contribution is -0.160. The van der Waals surface area contributed by atoms with Crippen LogP contribution in [0.15, 0.2) is 24.3 Å². The van der Waals surface area contributed by atoms with E-state index in [2.05, 4.69) is 16.0 Å². The summed E-state index contributed by atoms with van der Waals surface area (Å²) >= 11 is 0. The molecule has 3 N–H and O–H groups in total. The zero-order chi connectivity index (χ0) is 19.6. The maximum atomic E-state index is 13.5. The first-order valence-corrected chi connectivity index (χ1v) is 8.63. The van der Waals surface area contributed by atoms with E-state index in [0.29, 0.717) is 31.6 Å². The Hall–Kier alpha value is -2.33. The van der Waals surface area contributed by atoms with Crippen molar-refractivity contribution >= 4 is 12.1 Å². The summed E-state index contributed by atoms with van der Waals surface area (Å²) in [6.45, 7) is 2.53. The molecular weight excluding hydrogens is 365 g/mol. The molecule has 0 aromatic heterocycles. The number of nitrogens with zero attached hydrogens (tertiary/aromatic N) is 1. The van der Waals surface area contributed by atoms with Crippen molar-refractivity contribution < 1.29 is 27.5 Å². The summed E-state index contributed by atoms with van der Waals surface area (Å²) in [4.78, 5) is 25.7. The molecule has 1 aromatic rings. The van der Waals surface area contributed by atoms with Crippen LogP contribution in [0, 0.1) is 6.92 Å². The highest BCUT2D eigenvalue weighted by atomic mass is 19.4. The number of imide groups is 1. The quantitative estimate of drug-likeness (QED) is 0.742. The Morgan fingerprint density at radius 2 is 1.81 bits per heavy atom. The summed E-state index contributed by atoms with van der Waals surface area (Å²) < 4.78 is 45.8. The number of carbonyl (C=O) groups is 2. The van der Waals surface area contributed by atoms with E-state index < -0.39 is 30.6 Å². The van der Waals surface area contributed by atoms with E-state index >= 15 is 0 Å². The van der Waals surface area contributed by atoms with Gasteiger partial charge in [-0.25, -0.2) is 14.5 Å². The van der Waals surface area contributed by atoms with Crippen LogP contribution in [0.25, 0.3) is 0 Å². The molecule has 7 nitrogen and oxygen atoms in total. The summed E-state index contributed by atoms with van der Waals surface area (Å²) in [5, 5.41) is 7.05. The van der Waals surface area contributed by atoms with E-state index in [4.69, 9.17) is 4.74 Å². The zero-order valence-corrected chi connectivity index (χ0v) is 14.7. The van der Waals surface area contributed by atoms with Gasteiger partial charge >= 0.3 is 18.2 Å². The molecule has 2 heterocycles. The van der Waals surface area contributed by atoms with Gasteiger partial charge in [0.25, 0.3) is 0 Å². The van der Waals surface area contributed by atoms with Crippen LogP contribution in [-0.2, 0) is 4.74 Å². The second kappa shape index (κ2) is 7.73. The minimum Gasteiger partial charge on any atom is -0.381 e. The first kappa shape index (κ1) is 19.4. The third-order valence-electron chi connectivity index (χ3n) is 4.57. The largest absolute Gasteiger partial charge is 0.408 e. The van der Waals surface area contributed by atoms with E-state index in [-0.39, 0.29) is 11.6 Å². The molecule has 10 heteroatoms. The average Bonchev–Trinajstić information content (AvgIpc) is 2.59. The molecule has 1 atom stereocenters. The van der Waals surface area contributed by atoms with Crippen LogP contribution in [-0.4, -0.2) is 48.7 Å². The van der Waals surface area contributed by atoms with Crippen LogP contribution < -0.4 is 16.0 Å². The van der Waals surface area contributed by atoms with Gasteiger partial charge in [-0.2, -0.15) is 13.2 Å². The van der Waals surface area contributed by atoms with Crippen LogP contribution in [0.3, 0.4) is 0 Å². The lowest BCUT2D eigenvalue weighted by Gasteiger charge is -2.39. The predicted octanol–water partition coefficient (Wildman–Crippen LogP) is 2.39. The Morgan fingerprint density at radius 1 is 1.19 bits per heavy atom. The van der Waals surface area contributed by atoms with Crippen LogP contribution in [0.4, 0.5) is 22.8 Å². The number of benzene rings is 1. The number of carbonyl (C=O) groups excluding carboxylic acids is 2. The summed E-state index contributed by atoms with van der Waals surface area (Å²) in [6, 6.07) is 2.13. The number of hydrogen-bond donors (Lipinski definition) is 3. The van der Waals surface area contributed by atoms with Gasteiger partial charge in [-0.1, -0.05) is 29.8 Å². The Bertz CT molecular complexity index is 689. The molecule has 148 valence electrons. The van der Waals surface area contributed by atoms with Crippen LogP contribution in [0.1, 0.15) is 30.0 Å². The van der Waals surface area contributed by atoms with E-state index in [1.807, 2.05) is 0 Å². The number of nitrogens with one attached hydrogen (secondary N) is 3. The molecule has 2 fully saturated rings. The first-order valence-electron chi connectivity index (χ1n) is 8.63. The molecule has 1 aromatic carbocycles. The molecular formula is C17H21F3N4O3. The van der Waals surface area contributed by atoms with Gasteiger partial charge in [0, 0.05) is 19.3 Å². The maximum absolute atomic E-state index is 13.5. The third kappa shape index (κ3) is 4.51. The summed E-state index contributed by atoms with van der Waals surface area (Å²) in [7, 11) is 0. The molecule has 0 bridgehead atoms. The molecule has 0 saturated carbocycles. The fourth-order valence-electron chi connectivity index (χ4n) is 3.27. The number of amides is 4. The van der Waals surface area contributed by atoms with Gasteiger partial charge in [0.2, 0.25) is 0 Å². The highest BCUT2D eigenvalue weighted by Crippen LogP contribution is 2.33. The van der Waals surface area contributed by atoms with Gasteiger partial charge in [0.05, 0.1) is 0 Å². The molecule has 0 unspecified atom stereocenters. The standard InChI is InChI=1S/C17H21F3N4O3/c1-10-3-2-4-11(9-10)13(17(18,19)20)21-14-22-15(25)24(16(26)23-14)12-5-7-27-8-6-12/h2-4,9,12-14,21H,5-8H2,1H3,(H,22,25)(H,23,26)/t13-/m0/s1. The van der Waals surface area contributed by atoms with Crippen molar-refractivity contribution in [3.63, 3.8) is 0 Å². The van der Waals surface area contributed by atoms with Crippen molar-refractivity contribution in [2.24, 2.45) is 0 Å². The van der Waals surface area contributed by atoms with Crippen LogP contribution in [0.2, 0.25) is 0 Å². The number of ether oxygens (including phenoxy) is 1. The van der Waals surface area contributed by atoms with Gasteiger partial charge in [0.15, 0.2) is 6.29 Å². The van der Waals surface area contributed by atoms with Crippen molar-refractivity contribution in [3.05, 3.63) is 35.4 Å². The smallest absolute Gasteiger partial charge is 0.381 e. The lowest BCUT2D eigenvalue weighted by Crippen LogP contribution is -2.70. The van der Waals surface area contributed by atoms with E-state index in [1.165, 1.54) is 18.2 Å².